The van der Waals surface area contributed by atoms with Crippen LogP contribution in [0.2, 0.25) is 0 Å². The molecule has 7 heteroatoms. The van der Waals surface area contributed by atoms with Crippen LogP contribution in [0.3, 0.4) is 0 Å². The molecule has 0 bridgehead atoms. The second-order valence-electron chi connectivity index (χ2n) is 6.21. The lowest BCUT2D eigenvalue weighted by molar-refractivity contribution is 0.0944. The number of ether oxygens (including phenoxy) is 1. The van der Waals surface area contributed by atoms with Gasteiger partial charge in [0.05, 0.1) is 18.4 Å². The fraction of sp³-hybridized carbons (Fsp3) is 0.0909. The highest BCUT2D eigenvalue weighted by atomic mass is 32.1. The van der Waals surface area contributed by atoms with Gasteiger partial charge in [0.2, 0.25) is 0 Å². The molecule has 0 aliphatic heterocycles. The highest BCUT2D eigenvalue weighted by molar-refractivity contribution is 7.13. The molecule has 0 aliphatic carbocycles. The van der Waals surface area contributed by atoms with Crippen molar-refractivity contribution >= 4 is 17.2 Å². The van der Waals surface area contributed by atoms with E-state index in [1.807, 2.05) is 24.3 Å². The summed E-state index contributed by atoms with van der Waals surface area (Å²) in [4.78, 5) is 16.8. The van der Waals surface area contributed by atoms with E-state index in [4.69, 9.17) is 9.15 Å². The summed E-state index contributed by atoms with van der Waals surface area (Å²) >= 11 is 1.37. The van der Waals surface area contributed by atoms with Crippen LogP contribution >= 0.6 is 11.3 Å². The van der Waals surface area contributed by atoms with Crippen LogP contribution < -0.4 is 10.1 Å². The smallest absolute Gasteiger partial charge is 0.271 e. The Labute approximate surface area is 170 Å². The Morgan fingerprint density at radius 1 is 1.10 bits per heavy atom. The van der Waals surface area contributed by atoms with E-state index in [1.165, 1.54) is 23.5 Å². The molecule has 0 spiro atoms. The number of para-hydroxylation sites is 1. The Hall–Kier alpha value is -3.45. The molecule has 2 heterocycles. The van der Waals surface area contributed by atoms with Crippen LogP contribution in [-0.4, -0.2) is 10.9 Å². The highest BCUT2D eigenvalue weighted by Crippen LogP contribution is 2.32. The molecule has 0 saturated carbocycles. The van der Waals surface area contributed by atoms with Gasteiger partial charge < -0.3 is 14.5 Å². The SMILES string of the molecule is O=C(NCc1ccco1)c1csc(-c2ccccc2OCc2ccc(F)cc2)n1. The molecule has 0 saturated heterocycles. The van der Waals surface area contributed by atoms with E-state index in [0.29, 0.717) is 35.4 Å². The van der Waals surface area contributed by atoms with Gasteiger partial charge in [0, 0.05) is 5.38 Å². The number of rotatable bonds is 7. The molecule has 2 aromatic carbocycles. The third-order valence-corrected chi connectivity index (χ3v) is 5.04. The molecule has 5 nitrogen and oxygen atoms in total. The number of thiazole rings is 1. The normalized spacial score (nSPS) is 10.7. The van der Waals surface area contributed by atoms with Crippen LogP contribution in [0.15, 0.2) is 76.7 Å². The van der Waals surface area contributed by atoms with Crippen LogP contribution in [0.5, 0.6) is 5.75 Å². The van der Waals surface area contributed by atoms with Crippen molar-refractivity contribution in [3.63, 3.8) is 0 Å². The number of carbonyl (C=O) groups excluding carboxylic acids is 1. The first-order valence-electron chi connectivity index (χ1n) is 8.92. The minimum atomic E-state index is -0.283. The van der Waals surface area contributed by atoms with E-state index in [9.17, 15) is 9.18 Å². The summed E-state index contributed by atoms with van der Waals surface area (Å²) in [5, 5.41) is 5.18. The number of carbonyl (C=O) groups is 1. The van der Waals surface area contributed by atoms with Gasteiger partial charge in [-0.05, 0) is 42.0 Å². The number of amides is 1. The maximum atomic E-state index is 13.1. The molecule has 0 unspecified atom stereocenters. The molecule has 1 amide bonds. The van der Waals surface area contributed by atoms with Crippen molar-refractivity contribution in [2.75, 3.05) is 0 Å². The molecular weight excluding hydrogens is 391 g/mol. The van der Waals surface area contributed by atoms with Gasteiger partial charge >= 0.3 is 0 Å². The maximum Gasteiger partial charge on any atom is 0.271 e. The maximum absolute atomic E-state index is 13.1. The average molecular weight is 408 g/mol. The van der Waals surface area contributed by atoms with Crippen molar-refractivity contribution in [1.29, 1.82) is 0 Å². The first kappa shape index (κ1) is 18.9. The van der Waals surface area contributed by atoms with Crippen molar-refractivity contribution in [3.8, 4) is 16.3 Å². The number of aromatic nitrogens is 1. The fourth-order valence-electron chi connectivity index (χ4n) is 2.68. The van der Waals surface area contributed by atoms with Gasteiger partial charge in [0.15, 0.2) is 0 Å². The number of nitrogens with zero attached hydrogens (tertiary/aromatic N) is 1. The Balaban J connectivity index is 1.46. The van der Waals surface area contributed by atoms with Gasteiger partial charge in [0.25, 0.3) is 5.91 Å². The van der Waals surface area contributed by atoms with Gasteiger partial charge in [0.1, 0.15) is 34.6 Å². The molecule has 2 aromatic heterocycles. The predicted molar refractivity (Wildman–Crippen MR) is 108 cm³/mol. The van der Waals surface area contributed by atoms with E-state index >= 15 is 0 Å². The summed E-state index contributed by atoms with van der Waals surface area (Å²) < 4.78 is 24.2. The topological polar surface area (TPSA) is 64.4 Å². The Kier molecular flexibility index (Phi) is 5.67. The minimum Gasteiger partial charge on any atom is -0.488 e. The van der Waals surface area contributed by atoms with Crippen LogP contribution in [0, 0.1) is 5.82 Å². The van der Waals surface area contributed by atoms with E-state index in [2.05, 4.69) is 10.3 Å². The molecule has 0 fully saturated rings. The van der Waals surface area contributed by atoms with Gasteiger partial charge in [-0.2, -0.15) is 0 Å². The molecule has 0 aliphatic rings. The number of hydrogen-bond acceptors (Lipinski definition) is 5. The Bertz CT molecular complexity index is 1090. The molecule has 29 heavy (non-hydrogen) atoms. The summed E-state index contributed by atoms with van der Waals surface area (Å²) in [5.74, 6) is 0.769. The van der Waals surface area contributed by atoms with Crippen molar-refractivity contribution in [3.05, 3.63) is 95.1 Å². The van der Waals surface area contributed by atoms with Crippen LogP contribution in [0.25, 0.3) is 10.6 Å². The van der Waals surface area contributed by atoms with E-state index < -0.39 is 0 Å². The Morgan fingerprint density at radius 2 is 1.93 bits per heavy atom. The van der Waals surface area contributed by atoms with Crippen LogP contribution in [0.4, 0.5) is 4.39 Å². The number of hydrogen-bond donors (Lipinski definition) is 1. The van der Waals surface area contributed by atoms with Gasteiger partial charge in [-0.25, -0.2) is 9.37 Å². The largest absolute Gasteiger partial charge is 0.488 e. The first-order valence-corrected chi connectivity index (χ1v) is 9.80. The van der Waals surface area contributed by atoms with Gasteiger partial charge in [-0.1, -0.05) is 24.3 Å². The van der Waals surface area contributed by atoms with Gasteiger partial charge in [-0.3, -0.25) is 4.79 Å². The summed E-state index contributed by atoms with van der Waals surface area (Å²) in [6.45, 7) is 0.606. The van der Waals surface area contributed by atoms with Crippen molar-refractivity contribution in [1.82, 2.24) is 10.3 Å². The predicted octanol–water partition coefficient (Wildman–Crippen LogP) is 5.05. The zero-order valence-electron chi connectivity index (χ0n) is 15.3. The van der Waals surface area contributed by atoms with Crippen LogP contribution in [0.1, 0.15) is 21.8 Å². The van der Waals surface area contributed by atoms with Gasteiger partial charge in [-0.15, -0.1) is 11.3 Å². The van der Waals surface area contributed by atoms with E-state index in [0.717, 1.165) is 11.1 Å². The van der Waals surface area contributed by atoms with Crippen LogP contribution in [-0.2, 0) is 13.2 Å². The fourth-order valence-corrected chi connectivity index (χ4v) is 3.51. The first-order chi connectivity index (χ1) is 14.2. The molecular formula is C22H17FN2O3S. The number of furan rings is 1. The monoisotopic (exact) mass is 408 g/mol. The third kappa shape index (κ3) is 4.70. The Morgan fingerprint density at radius 3 is 2.72 bits per heavy atom. The lowest BCUT2D eigenvalue weighted by Gasteiger charge is -2.10. The quantitative estimate of drug-likeness (QED) is 0.465. The van der Waals surface area contributed by atoms with Crippen molar-refractivity contribution in [2.45, 2.75) is 13.2 Å². The van der Waals surface area contributed by atoms with Crippen molar-refractivity contribution < 1.29 is 18.3 Å². The summed E-state index contributed by atoms with van der Waals surface area (Å²) in [6, 6.07) is 17.2. The van der Waals surface area contributed by atoms with Crippen molar-refractivity contribution in [2.24, 2.45) is 0 Å². The van der Waals surface area contributed by atoms with E-state index in [1.54, 1.807) is 35.9 Å². The standard InChI is InChI=1S/C22H17FN2O3S/c23-16-9-7-15(8-10-16)13-28-20-6-2-1-5-18(20)22-25-19(14-29-22)21(26)24-12-17-4-3-11-27-17/h1-11,14H,12-13H2,(H,24,26). The zero-order chi connectivity index (χ0) is 20.1. The minimum absolute atomic E-state index is 0.270. The molecule has 0 radical (unpaired) electrons. The number of halogens is 1. The second-order valence-corrected chi connectivity index (χ2v) is 7.07. The average Bonchev–Trinajstić information content (AvgIpc) is 3.44. The molecule has 4 rings (SSSR count). The number of nitrogens with one attached hydrogen (secondary N) is 1. The summed E-state index contributed by atoms with van der Waals surface area (Å²) in [6.07, 6.45) is 1.56. The summed E-state index contributed by atoms with van der Waals surface area (Å²) in [7, 11) is 0. The third-order valence-electron chi connectivity index (χ3n) is 4.17. The lowest BCUT2D eigenvalue weighted by Crippen LogP contribution is -2.22. The lowest BCUT2D eigenvalue weighted by atomic mass is 10.2. The number of benzene rings is 2. The molecule has 0 atom stereocenters. The zero-order valence-corrected chi connectivity index (χ0v) is 16.1. The second kappa shape index (κ2) is 8.70. The van der Waals surface area contributed by atoms with E-state index in [-0.39, 0.29) is 11.7 Å². The molecule has 1 N–H and O–H groups in total. The summed E-state index contributed by atoms with van der Waals surface area (Å²) in [5.41, 5.74) is 1.99. The molecule has 4 aromatic rings. The highest BCUT2D eigenvalue weighted by Gasteiger charge is 2.15. The molecule has 146 valence electrons.